The van der Waals surface area contributed by atoms with Gasteiger partial charge in [-0.1, -0.05) is 23.2 Å². The molecule has 0 unspecified atom stereocenters. The number of benzene rings is 2. The predicted octanol–water partition coefficient (Wildman–Crippen LogP) is 4.29. The molecule has 1 aromatic heterocycles. The standard InChI is InChI=1S/C20H13Cl2N3O5S2/c21-12-1-6-15-11(9-12)10-17(26)25(19(15)27)14-4-2-13(3-5-14)23-20(28)24-32(29,30)18-8-7-16(22)31-18/h1-9H,10H2,(H2,23,24,28). The number of hydrogen-bond donors (Lipinski definition) is 2. The number of imide groups is 1. The highest BCUT2D eigenvalue weighted by atomic mass is 35.5. The number of carbonyl (C=O) groups is 3. The number of halogens is 2. The van der Waals surface area contributed by atoms with E-state index in [9.17, 15) is 22.8 Å². The van der Waals surface area contributed by atoms with Gasteiger partial charge in [0.15, 0.2) is 0 Å². The summed E-state index contributed by atoms with van der Waals surface area (Å²) in [6.45, 7) is 0. The zero-order valence-electron chi connectivity index (χ0n) is 16.0. The Morgan fingerprint density at radius 1 is 1.00 bits per heavy atom. The second kappa shape index (κ2) is 8.55. The highest BCUT2D eigenvalue weighted by Crippen LogP contribution is 2.28. The molecule has 1 aliphatic heterocycles. The van der Waals surface area contributed by atoms with Gasteiger partial charge in [-0.2, -0.15) is 0 Å². The summed E-state index contributed by atoms with van der Waals surface area (Å²) < 4.78 is 26.4. The Hall–Kier alpha value is -2.92. The number of urea groups is 1. The molecule has 0 bridgehead atoms. The van der Waals surface area contributed by atoms with Crippen molar-refractivity contribution in [1.29, 1.82) is 0 Å². The van der Waals surface area contributed by atoms with Crippen LogP contribution in [0.2, 0.25) is 9.36 Å². The normalized spacial score (nSPS) is 13.6. The molecule has 2 heterocycles. The number of fused-ring (bicyclic) bond motifs is 1. The molecule has 0 saturated heterocycles. The van der Waals surface area contributed by atoms with Gasteiger partial charge in [0.25, 0.3) is 15.9 Å². The first-order chi connectivity index (χ1) is 15.1. The number of rotatable bonds is 4. The lowest BCUT2D eigenvalue weighted by molar-refractivity contribution is -0.117. The summed E-state index contributed by atoms with van der Waals surface area (Å²) >= 11 is 12.5. The maximum absolute atomic E-state index is 12.8. The van der Waals surface area contributed by atoms with E-state index < -0.39 is 27.9 Å². The van der Waals surface area contributed by atoms with E-state index in [-0.39, 0.29) is 20.7 Å². The van der Waals surface area contributed by atoms with E-state index in [1.54, 1.807) is 18.2 Å². The summed E-state index contributed by atoms with van der Waals surface area (Å²) in [4.78, 5) is 38.5. The number of sulfonamides is 1. The molecule has 8 nitrogen and oxygen atoms in total. The van der Waals surface area contributed by atoms with E-state index in [0.29, 0.717) is 21.8 Å². The molecule has 0 spiro atoms. The van der Waals surface area contributed by atoms with Crippen LogP contribution in [0.1, 0.15) is 15.9 Å². The van der Waals surface area contributed by atoms with Crippen LogP contribution in [0, 0.1) is 0 Å². The summed E-state index contributed by atoms with van der Waals surface area (Å²) in [6.07, 6.45) is 0.0225. The molecule has 0 fully saturated rings. The SMILES string of the molecule is O=C(Nc1ccc(N2C(=O)Cc3cc(Cl)ccc3C2=O)cc1)NS(=O)(=O)c1ccc(Cl)s1. The third-order valence-electron chi connectivity index (χ3n) is 4.52. The van der Waals surface area contributed by atoms with Gasteiger partial charge in [-0.05, 0) is 60.2 Å². The van der Waals surface area contributed by atoms with Gasteiger partial charge in [0, 0.05) is 16.3 Å². The number of anilines is 2. The van der Waals surface area contributed by atoms with Gasteiger partial charge < -0.3 is 5.32 Å². The van der Waals surface area contributed by atoms with Gasteiger partial charge in [-0.15, -0.1) is 11.3 Å². The van der Waals surface area contributed by atoms with E-state index in [2.05, 4.69) is 5.32 Å². The lowest BCUT2D eigenvalue weighted by Crippen LogP contribution is -2.42. The van der Waals surface area contributed by atoms with Crippen molar-refractivity contribution in [3.05, 3.63) is 75.1 Å². The smallest absolute Gasteiger partial charge is 0.307 e. The summed E-state index contributed by atoms with van der Waals surface area (Å²) in [7, 11) is -4.07. The average Bonchev–Trinajstić information content (AvgIpc) is 3.16. The monoisotopic (exact) mass is 509 g/mol. The van der Waals surface area contributed by atoms with Crippen molar-refractivity contribution in [3.8, 4) is 0 Å². The van der Waals surface area contributed by atoms with Crippen molar-refractivity contribution < 1.29 is 22.8 Å². The Morgan fingerprint density at radius 2 is 1.72 bits per heavy atom. The fourth-order valence-corrected chi connectivity index (χ4v) is 5.70. The molecular formula is C20H13Cl2N3O5S2. The first kappa shape index (κ1) is 22.3. The first-order valence-corrected chi connectivity index (χ1v) is 12.0. The molecule has 0 radical (unpaired) electrons. The minimum absolute atomic E-state index is 0.0225. The summed E-state index contributed by atoms with van der Waals surface area (Å²) in [5.74, 6) is -0.893. The average molecular weight is 510 g/mol. The molecule has 3 aromatic rings. The van der Waals surface area contributed by atoms with E-state index in [4.69, 9.17) is 23.2 Å². The highest BCUT2D eigenvalue weighted by Gasteiger charge is 2.32. The minimum Gasteiger partial charge on any atom is -0.307 e. The van der Waals surface area contributed by atoms with Gasteiger partial charge in [0.2, 0.25) is 5.91 Å². The van der Waals surface area contributed by atoms with Crippen molar-refractivity contribution >= 4 is 73.8 Å². The van der Waals surface area contributed by atoms with Crippen molar-refractivity contribution in [3.63, 3.8) is 0 Å². The van der Waals surface area contributed by atoms with Crippen LogP contribution >= 0.6 is 34.5 Å². The Balaban J connectivity index is 1.47. The zero-order valence-corrected chi connectivity index (χ0v) is 19.1. The van der Waals surface area contributed by atoms with Crippen LogP contribution in [0.3, 0.4) is 0 Å². The van der Waals surface area contributed by atoms with E-state index in [0.717, 1.165) is 16.2 Å². The number of amides is 4. The molecule has 12 heteroatoms. The molecule has 1 aliphatic rings. The molecule has 0 atom stereocenters. The van der Waals surface area contributed by atoms with Crippen molar-refractivity contribution in [2.75, 3.05) is 10.2 Å². The Morgan fingerprint density at radius 3 is 2.38 bits per heavy atom. The third kappa shape index (κ3) is 4.49. The summed E-state index contributed by atoms with van der Waals surface area (Å²) in [6, 6.07) is 12.3. The minimum atomic E-state index is -4.07. The number of hydrogen-bond acceptors (Lipinski definition) is 6. The van der Waals surface area contributed by atoms with Gasteiger partial charge in [-0.3, -0.25) is 9.59 Å². The van der Waals surface area contributed by atoms with Crippen molar-refractivity contribution in [2.45, 2.75) is 10.6 Å². The number of carbonyl (C=O) groups excluding carboxylic acids is 3. The quantitative estimate of drug-likeness (QED) is 0.509. The fraction of sp³-hybridized carbons (Fsp3) is 0.0500. The Bertz CT molecular complexity index is 1350. The lowest BCUT2D eigenvalue weighted by atomic mass is 9.98. The first-order valence-electron chi connectivity index (χ1n) is 8.99. The van der Waals surface area contributed by atoms with Crippen LogP contribution in [0.4, 0.5) is 16.2 Å². The highest BCUT2D eigenvalue weighted by molar-refractivity contribution is 7.92. The zero-order chi connectivity index (χ0) is 23.0. The molecule has 0 aliphatic carbocycles. The Labute approximate surface area is 196 Å². The molecule has 164 valence electrons. The molecule has 4 rings (SSSR count). The Kier molecular flexibility index (Phi) is 5.95. The summed E-state index contributed by atoms with van der Waals surface area (Å²) in [5, 5.41) is 2.83. The van der Waals surface area contributed by atoms with E-state index >= 15 is 0 Å². The van der Waals surface area contributed by atoms with Gasteiger partial charge in [0.1, 0.15) is 4.21 Å². The maximum Gasteiger partial charge on any atom is 0.333 e. The molecule has 4 amide bonds. The number of nitrogens with zero attached hydrogens (tertiary/aromatic N) is 1. The van der Waals surface area contributed by atoms with Crippen LogP contribution in [0.5, 0.6) is 0 Å². The van der Waals surface area contributed by atoms with Crippen LogP contribution in [0.25, 0.3) is 0 Å². The fourth-order valence-electron chi connectivity index (χ4n) is 3.12. The van der Waals surface area contributed by atoms with Gasteiger partial charge in [-0.25, -0.2) is 22.8 Å². The number of thiophene rings is 1. The van der Waals surface area contributed by atoms with Gasteiger partial charge >= 0.3 is 6.03 Å². The van der Waals surface area contributed by atoms with Crippen molar-refractivity contribution in [2.24, 2.45) is 0 Å². The molecule has 2 aromatic carbocycles. The second-order valence-corrected chi connectivity index (χ2v) is 10.7. The maximum atomic E-state index is 12.8. The molecule has 32 heavy (non-hydrogen) atoms. The lowest BCUT2D eigenvalue weighted by Gasteiger charge is -2.27. The topological polar surface area (TPSA) is 113 Å². The summed E-state index contributed by atoms with van der Waals surface area (Å²) in [5.41, 5.74) is 1.52. The van der Waals surface area contributed by atoms with E-state index in [1.165, 1.54) is 36.4 Å². The molecular weight excluding hydrogens is 497 g/mol. The predicted molar refractivity (Wildman–Crippen MR) is 122 cm³/mol. The van der Waals surface area contributed by atoms with Crippen LogP contribution < -0.4 is 14.9 Å². The van der Waals surface area contributed by atoms with Gasteiger partial charge in [0.05, 0.1) is 16.4 Å². The van der Waals surface area contributed by atoms with Crippen LogP contribution in [0.15, 0.2) is 58.8 Å². The van der Waals surface area contributed by atoms with Crippen molar-refractivity contribution in [1.82, 2.24) is 4.72 Å². The number of nitrogens with one attached hydrogen (secondary N) is 2. The molecule has 0 saturated carbocycles. The second-order valence-electron chi connectivity index (χ2n) is 6.68. The molecule has 2 N–H and O–H groups in total. The van der Waals surface area contributed by atoms with E-state index in [1.807, 2.05) is 4.72 Å². The van der Waals surface area contributed by atoms with Crippen LogP contribution in [-0.2, 0) is 21.2 Å². The van der Waals surface area contributed by atoms with Crippen LogP contribution in [-0.4, -0.2) is 26.3 Å². The third-order valence-corrected chi connectivity index (χ3v) is 7.80. The largest absolute Gasteiger partial charge is 0.333 e.